The minimum Gasteiger partial charge on any atom is -0.324 e. The van der Waals surface area contributed by atoms with E-state index < -0.39 is 16.1 Å². The molecule has 7 heteroatoms. The number of amides is 1. The van der Waals surface area contributed by atoms with Crippen LogP contribution >= 0.6 is 15.9 Å². The Balaban J connectivity index is 1.92. The summed E-state index contributed by atoms with van der Waals surface area (Å²) in [6, 6.07) is 10.3. The van der Waals surface area contributed by atoms with Gasteiger partial charge in [-0.2, -0.15) is 4.31 Å². The first-order valence-electron chi connectivity index (χ1n) is 8.87. The summed E-state index contributed by atoms with van der Waals surface area (Å²) in [5.41, 5.74) is 3.08. The van der Waals surface area contributed by atoms with Gasteiger partial charge < -0.3 is 5.32 Å². The molecule has 5 nitrogen and oxygen atoms in total. The van der Waals surface area contributed by atoms with Crippen molar-refractivity contribution >= 4 is 37.5 Å². The van der Waals surface area contributed by atoms with Gasteiger partial charge in [0.25, 0.3) is 0 Å². The lowest BCUT2D eigenvalue weighted by Crippen LogP contribution is -2.43. The van der Waals surface area contributed by atoms with Gasteiger partial charge in [0.2, 0.25) is 15.9 Å². The van der Waals surface area contributed by atoms with E-state index in [4.69, 9.17) is 0 Å². The highest BCUT2D eigenvalue weighted by Crippen LogP contribution is 2.31. The van der Waals surface area contributed by atoms with Crippen LogP contribution in [0, 0.1) is 20.8 Å². The average molecular weight is 451 g/mol. The Labute approximate surface area is 169 Å². The van der Waals surface area contributed by atoms with Gasteiger partial charge in [-0.15, -0.1) is 0 Å². The maximum absolute atomic E-state index is 13.4. The van der Waals surface area contributed by atoms with Gasteiger partial charge in [-0.05, 0) is 72.8 Å². The molecule has 0 radical (unpaired) electrons. The van der Waals surface area contributed by atoms with Gasteiger partial charge in [0.1, 0.15) is 6.04 Å². The van der Waals surface area contributed by atoms with Crippen molar-refractivity contribution in [3.05, 3.63) is 57.6 Å². The number of sulfonamides is 1. The van der Waals surface area contributed by atoms with Crippen LogP contribution in [0.3, 0.4) is 0 Å². The van der Waals surface area contributed by atoms with Crippen LogP contribution < -0.4 is 5.32 Å². The molecule has 0 aliphatic carbocycles. The van der Waals surface area contributed by atoms with Gasteiger partial charge in [0.15, 0.2) is 0 Å². The first-order chi connectivity index (χ1) is 12.7. The molecule has 1 atom stereocenters. The van der Waals surface area contributed by atoms with Crippen LogP contribution in [0.5, 0.6) is 0 Å². The molecule has 1 fully saturated rings. The number of carbonyl (C=O) groups excluding carboxylic acids is 1. The van der Waals surface area contributed by atoms with Crippen molar-refractivity contribution < 1.29 is 13.2 Å². The molecule has 1 aliphatic heterocycles. The van der Waals surface area contributed by atoms with Crippen LogP contribution in [-0.4, -0.2) is 31.2 Å². The molecule has 1 N–H and O–H groups in total. The second kappa shape index (κ2) is 7.73. The summed E-state index contributed by atoms with van der Waals surface area (Å²) in [6.45, 7) is 5.90. The number of carbonyl (C=O) groups is 1. The largest absolute Gasteiger partial charge is 0.324 e. The molecule has 0 aromatic heterocycles. The molecule has 0 bridgehead atoms. The zero-order valence-electron chi connectivity index (χ0n) is 15.6. The zero-order chi connectivity index (χ0) is 19.8. The van der Waals surface area contributed by atoms with Crippen LogP contribution in [-0.2, 0) is 14.8 Å². The van der Waals surface area contributed by atoms with E-state index in [0.29, 0.717) is 41.1 Å². The van der Waals surface area contributed by atoms with Crippen molar-refractivity contribution in [2.45, 2.75) is 44.6 Å². The number of nitrogens with zero attached hydrogens (tertiary/aromatic N) is 1. The van der Waals surface area contributed by atoms with Gasteiger partial charge in [0, 0.05) is 11.0 Å². The minimum absolute atomic E-state index is 0.301. The molecule has 1 aliphatic rings. The topological polar surface area (TPSA) is 66.5 Å². The Bertz CT molecular complexity index is 965. The van der Waals surface area contributed by atoms with E-state index in [1.165, 1.54) is 4.31 Å². The fourth-order valence-corrected chi connectivity index (χ4v) is 6.22. The third-order valence-electron chi connectivity index (χ3n) is 4.81. The maximum atomic E-state index is 13.4. The average Bonchev–Trinajstić information content (AvgIpc) is 3.06. The minimum atomic E-state index is -3.75. The van der Waals surface area contributed by atoms with Crippen LogP contribution in [0.4, 0.5) is 5.69 Å². The number of hydrogen-bond acceptors (Lipinski definition) is 3. The van der Waals surface area contributed by atoms with E-state index in [-0.39, 0.29) is 5.91 Å². The predicted molar refractivity (Wildman–Crippen MR) is 110 cm³/mol. The highest BCUT2D eigenvalue weighted by atomic mass is 79.9. The molecule has 2 aromatic carbocycles. The summed E-state index contributed by atoms with van der Waals surface area (Å²) < 4.78 is 28.8. The SMILES string of the molecule is Cc1cc(C)c(S(=O)(=O)N2CCCC2C(=O)Nc2ccccc2Br)c(C)c1. The molecule has 0 saturated carbocycles. The van der Waals surface area contributed by atoms with Crippen LogP contribution in [0.15, 0.2) is 45.8 Å². The van der Waals surface area contributed by atoms with E-state index in [1.807, 2.05) is 37.3 Å². The van der Waals surface area contributed by atoms with Crippen molar-refractivity contribution in [1.29, 1.82) is 0 Å². The van der Waals surface area contributed by atoms with E-state index in [1.54, 1.807) is 19.9 Å². The number of para-hydroxylation sites is 1. The van der Waals surface area contributed by atoms with Crippen molar-refractivity contribution in [2.24, 2.45) is 0 Å². The number of halogens is 1. The number of anilines is 1. The standard InChI is InChI=1S/C20H23BrN2O3S/c1-13-11-14(2)19(15(3)12-13)27(25,26)23-10-6-9-18(23)20(24)22-17-8-5-4-7-16(17)21/h4-5,7-8,11-12,18H,6,9-10H2,1-3H3,(H,22,24). The lowest BCUT2D eigenvalue weighted by Gasteiger charge is -2.25. The molecule has 2 aromatic rings. The molecule has 1 saturated heterocycles. The molecule has 3 rings (SSSR count). The quantitative estimate of drug-likeness (QED) is 0.759. The van der Waals surface area contributed by atoms with E-state index in [2.05, 4.69) is 21.2 Å². The fourth-order valence-electron chi connectivity index (χ4n) is 3.76. The van der Waals surface area contributed by atoms with Gasteiger partial charge in [-0.3, -0.25) is 4.79 Å². The Morgan fingerprint density at radius 1 is 1.15 bits per heavy atom. The monoisotopic (exact) mass is 450 g/mol. The Morgan fingerprint density at radius 3 is 2.41 bits per heavy atom. The molecule has 144 valence electrons. The molecule has 1 heterocycles. The third kappa shape index (κ3) is 3.95. The molecular formula is C20H23BrN2O3S. The molecule has 0 spiro atoms. The Morgan fingerprint density at radius 2 is 1.78 bits per heavy atom. The molecule has 27 heavy (non-hydrogen) atoms. The van der Waals surface area contributed by atoms with Crippen molar-refractivity contribution in [1.82, 2.24) is 4.31 Å². The molecule has 1 unspecified atom stereocenters. The number of hydrogen-bond donors (Lipinski definition) is 1. The van der Waals surface area contributed by atoms with Gasteiger partial charge in [-0.25, -0.2) is 8.42 Å². The molecular weight excluding hydrogens is 428 g/mol. The lowest BCUT2D eigenvalue weighted by atomic mass is 10.1. The van der Waals surface area contributed by atoms with Gasteiger partial charge >= 0.3 is 0 Å². The predicted octanol–water partition coefficient (Wildman–Crippen LogP) is 4.17. The highest BCUT2D eigenvalue weighted by molar-refractivity contribution is 9.10. The normalized spacial score (nSPS) is 17.9. The summed E-state index contributed by atoms with van der Waals surface area (Å²) in [5, 5.41) is 2.85. The highest BCUT2D eigenvalue weighted by Gasteiger charge is 2.40. The lowest BCUT2D eigenvalue weighted by molar-refractivity contribution is -0.119. The number of benzene rings is 2. The number of nitrogens with one attached hydrogen (secondary N) is 1. The Kier molecular flexibility index (Phi) is 5.74. The smallest absolute Gasteiger partial charge is 0.244 e. The second-order valence-electron chi connectivity index (χ2n) is 6.97. The summed E-state index contributed by atoms with van der Waals surface area (Å²) >= 11 is 3.40. The fraction of sp³-hybridized carbons (Fsp3) is 0.350. The van der Waals surface area contributed by atoms with Crippen LogP contribution in [0.2, 0.25) is 0 Å². The summed E-state index contributed by atoms with van der Waals surface area (Å²) in [4.78, 5) is 13.2. The second-order valence-corrected chi connectivity index (χ2v) is 9.65. The van der Waals surface area contributed by atoms with Crippen molar-refractivity contribution in [3.8, 4) is 0 Å². The van der Waals surface area contributed by atoms with E-state index in [0.717, 1.165) is 10.0 Å². The van der Waals surface area contributed by atoms with Crippen LogP contribution in [0.25, 0.3) is 0 Å². The first-order valence-corrected chi connectivity index (χ1v) is 11.1. The summed E-state index contributed by atoms with van der Waals surface area (Å²) in [6.07, 6.45) is 1.18. The van der Waals surface area contributed by atoms with Crippen molar-refractivity contribution in [3.63, 3.8) is 0 Å². The van der Waals surface area contributed by atoms with Crippen LogP contribution in [0.1, 0.15) is 29.5 Å². The van der Waals surface area contributed by atoms with Crippen molar-refractivity contribution in [2.75, 3.05) is 11.9 Å². The van der Waals surface area contributed by atoms with Gasteiger partial charge in [-0.1, -0.05) is 29.8 Å². The number of aryl methyl sites for hydroxylation is 3. The maximum Gasteiger partial charge on any atom is 0.244 e. The Hall–Kier alpha value is -1.70. The van der Waals surface area contributed by atoms with Gasteiger partial charge in [0.05, 0.1) is 10.6 Å². The van der Waals surface area contributed by atoms with E-state index >= 15 is 0 Å². The third-order valence-corrected chi connectivity index (χ3v) is 7.72. The molecule has 1 amide bonds. The summed E-state index contributed by atoms with van der Waals surface area (Å²) in [7, 11) is -3.75. The summed E-state index contributed by atoms with van der Waals surface area (Å²) in [5.74, 6) is -0.301. The zero-order valence-corrected chi connectivity index (χ0v) is 18.0. The number of rotatable bonds is 4. The van der Waals surface area contributed by atoms with E-state index in [9.17, 15) is 13.2 Å². The first kappa shape index (κ1) is 20.0.